The molecule has 25 heavy (non-hydrogen) atoms. The van der Waals surface area contributed by atoms with Gasteiger partial charge in [-0.2, -0.15) is 0 Å². The Morgan fingerprint density at radius 2 is 0.920 bits per heavy atom. The highest BCUT2D eigenvalue weighted by Crippen LogP contribution is 2.39. The van der Waals surface area contributed by atoms with E-state index < -0.39 is 80.2 Å². The van der Waals surface area contributed by atoms with Crippen LogP contribution in [-0.4, -0.2) is 121 Å². The standard InChI is InChI=1S/C13H22F2O10/c14-13(15,11-9(22)7(20)5(18)3(1-16)24-11)12-10(23)8(21)6(19)4(2-17)25-12/h3-12,16-23H,1-2H2/t3-,4-,5-,6-,7+,8+,9-,10-,11+,12+/m1/s1. The molecule has 0 saturated carbocycles. The second-order valence-electron chi connectivity index (χ2n) is 6.17. The molecule has 0 unspecified atom stereocenters. The molecule has 0 radical (unpaired) electrons. The maximum atomic E-state index is 14.8. The molecule has 2 rings (SSSR count). The van der Waals surface area contributed by atoms with E-state index in [1.807, 2.05) is 0 Å². The lowest BCUT2D eigenvalue weighted by molar-refractivity contribution is -0.336. The molecule has 2 saturated heterocycles. The van der Waals surface area contributed by atoms with E-state index in [-0.39, 0.29) is 0 Å². The summed E-state index contributed by atoms with van der Waals surface area (Å²) >= 11 is 0. The first-order valence-electron chi connectivity index (χ1n) is 7.56. The van der Waals surface area contributed by atoms with Crippen LogP contribution in [-0.2, 0) is 9.47 Å². The van der Waals surface area contributed by atoms with Gasteiger partial charge in [0.15, 0.2) is 12.2 Å². The summed E-state index contributed by atoms with van der Waals surface area (Å²) in [7, 11) is 0. The van der Waals surface area contributed by atoms with E-state index in [0.717, 1.165) is 0 Å². The number of halogens is 2. The molecule has 0 aliphatic carbocycles. The van der Waals surface area contributed by atoms with Gasteiger partial charge in [0, 0.05) is 0 Å². The monoisotopic (exact) mass is 376 g/mol. The molecule has 10 nitrogen and oxygen atoms in total. The third-order valence-corrected chi connectivity index (χ3v) is 4.54. The summed E-state index contributed by atoms with van der Waals surface area (Å²) in [6.45, 7) is -1.88. The molecule has 0 aromatic rings. The van der Waals surface area contributed by atoms with Crippen molar-refractivity contribution in [3.63, 3.8) is 0 Å². The predicted octanol–water partition coefficient (Wildman–Crippen LogP) is -4.69. The van der Waals surface area contributed by atoms with E-state index in [0.29, 0.717) is 0 Å². The van der Waals surface area contributed by atoms with Crippen LogP contribution in [0.4, 0.5) is 8.78 Å². The summed E-state index contributed by atoms with van der Waals surface area (Å²) < 4.78 is 39.1. The van der Waals surface area contributed by atoms with Crippen LogP contribution >= 0.6 is 0 Å². The molecule has 0 aromatic heterocycles. The summed E-state index contributed by atoms with van der Waals surface area (Å²) in [6, 6.07) is 0. The lowest BCUT2D eigenvalue weighted by atomic mass is 9.85. The second-order valence-corrected chi connectivity index (χ2v) is 6.17. The Labute approximate surface area is 140 Å². The number of alkyl halides is 2. The third-order valence-electron chi connectivity index (χ3n) is 4.54. The van der Waals surface area contributed by atoms with Gasteiger partial charge < -0.3 is 50.3 Å². The Bertz CT molecular complexity index is 413. The highest BCUT2D eigenvalue weighted by molar-refractivity contribution is 5.05. The van der Waals surface area contributed by atoms with E-state index in [1.165, 1.54) is 0 Å². The highest BCUT2D eigenvalue weighted by Gasteiger charge is 2.63. The van der Waals surface area contributed by atoms with Crippen molar-refractivity contribution >= 4 is 0 Å². The minimum absolute atomic E-state index is 0.938. The zero-order chi connectivity index (χ0) is 19.1. The number of aliphatic hydroxyl groups is 8. The number of ether oxygens (including phenoxy) is 2. The van der Waals surface area contributed by atoms with Gasteiger partial charge in [-0.05, 0) is 0 Å². The van der Waals surface area contributed by atoms with E-state index in [2.05, 4.69) is 0 Å². The van der Waals surface area contributed by atoms with Gasteiger partial charge in [-0.15, -0.1) is 0 Å². The third kappa shape index (κ3) is 3.51. The lowest BCUT2D eigenvalue weighted by Crippen LogP contribution is -2.70. The number of hydrogen-bond acceptors (Lipinski definition) is 10. The normalized spacial score (nSPS) is 49.2. The average molecular weight is 376 g/mol. The van der Waals surface area contributed by atoms with E-state index in [1.54, 1.807) is 0 Å². The fourth-order valence-corrected chi connectivity index (χ4v) is 3.00. The Morgan fingerprint density at radius 1 is 0.600 bits per heavy atom. The maximum Gasteiger partial charge on any atom is 0.304 e. The van der Waals surface area contributed by atoms with Crippen molar-refractivity contribution in [2.24, 2.45) is 0 Å². The zero-order valence-corrected chi connectivity index (χ0v) is 12.8. The van der Waals surface area contributed by atoms with Gasteiger partial charge in [-0.1, -0.05) is 0 Å². The molecule has 2 heterocycles. The minimum Gasteiger partial charge on any atom is -0.394 e. The molecule has 2 fully saturated rings. The number of aliphatic hydroxyl groups excluding tert-OH is 8. The number of rotatable bonds is 4. The fourth-order valence-electron chi connectivity index (χ4n) is 3.00. The average Bonchev–Trinajstić information content (AvgIpc) is 2.57. The quantitative estimate of drug-likeness (QED) is 0.237. The first-order valence-corrected chi connectivity index (χ1v) is 7.56. The fraction of sp³-hybridized carbons (Fsp3) is 1.00. The molecule has 0 spiro atoms. The molecule has 0 aromatic carbocycles. The minimum atomic E-state index is -4.23. The van der Waals surface area contributed by atoms with E-state index >= 15 is 0 Å². The maximum absolute atomic E-state index is 14.8. The van der Waals surface area contributed by atoms with Crippen LogP contribution in [0, 0.1) is 0 Å². The van der Waals surface area contributed by atoms with Gasteiger partial charge >= 0.3 is 5.92 Å². The Hall–Kier alpha value is -0.540. The molecule has 0 amide bonds. The lowest BCUT2D eigenvalue weighted by Gasteiger charge is -2.48. The van der Waals surface area contributed by atoms with Crippen molar-refractivity contribution < 1.29 is 59.1 Å². The number of hydrogen-bond donors (Lipinski definition) is 8. The molecule has 0 bridgehead atoms. The summed E-state index contributed by atoms with van der Waals surface area (Å²) in [6.07, 6.45) is -20.7. The molecule has 2 aliphatic rings. The van der Waals surface area contributed by atoms with Gasteiger partial charge in [0.05, 0.1) is 13.2 Å². The van der Waals surface area contributed by atoms with Crippen LogP contribution < -0.4 is 0 Å². The second kappa shape index (κ2) is 7.60. The van der Waals surface area contributed by atoms with Crippen molar-refractivity contribution in [1.82, 2.24) is 0 Å². The molecule has 12 heteroatoms. The summed E-state index contributed by atoms with van der Waals surface area (Å²) in [5.41, 5.74) is 0. The van der Waals surface area contributed by atoms with Crippen LogP contribution in [0.3, 0.4) is 0 Å². The van der Waals surface area contributed by atoms with Crippen LogP contribution in [0.5, 0.6) is 0 Å². The first kappa shape index (κ1) is 20.8. The van der Waals surface area contributed by atoms with Gasteiger partial charge in [0.25, 0.3) is 0 Å². The first-order chi connectivity index (χ1) is 11.6. The largest absolute Gasteiger partial charge is 0.394 e. The SMILES string of the molecule is OC[C@H]1O[C@H](C(F)(F)[C@H]2O[C@H](CO)[C@@H](O)[C@H](O)[C@H]2O)[C@H](O)[C@@H](O)[C@@H]1O. The molecular formula is C13H22F2O10. The van der Waals surface area contributed by atoms with Gasteiger partial charge in [0.2, 0.25) is 0 Å². The molecule has 10 atom stereocenters. The van der Waals surface area contributed by atoms with Crippen molar-refractivity contribution in [3.05, 3.63) is 0 Å². The Morgan fingerprint density at radius 3 is 1.20 bits per heavy atom. The Balaban J connectivity index is 2.29. The van der Waals surface area contributed by atoms with Gasteiger partial charge in [0.1, 0.15) is 48.8 Å². The summed E-state index contributed by atoms with van der Waals surface area (Å²) in [4.78, 5) is 0. The molecular weight excluding hydrogens is 354 g/mol. The van der Waals surface area contributed by atoms with Crippen LogP contribution in [0.2, 0.25) is 0 Å². The van der Waals surface area contributed by atoms with Crippen molar-refractivity contribution in [2.75, 3.05) is 13.2 Å². The van der Waals surface area contributed by atoms with Gasteiger partial charge in [-0.25, -0.2) is 8.78 Å². The molecule has 148 valence electrons. The zero-order valence-electron chi connectivity index (χ0n) is 12.8. The predicted molar refractivity (Wildman–Crippen MR) is 72.5 cm³/mol. The smallest absolute Gasteiger partial charge is 0.304 e. The summed E-state index contributed by atoms with van der Waals surface area (Å²) in [5.74, 6) is -4.23. The van der Waals surface area contributed by atoms with Crippen molar-refractivity contribution in [3.8, 4) is 0 Å². The van der Waals surface area contributed by atoms with Crippen LogP contribution in [0.25, 0.3) is 0 Å². The van der Waals surface area contributed by atoms with Crippen molar-refractivity contribution in [2.45, 2.75) is 67.0 Å². The Kier molecular flexibility index (Phi) is 6.31. The molecule has 2 aliphatic heterocycles. The van der Waals surface area contributed by atoms with E-state index in [4.69, 9.17) is 19.7 Å². The van der Waals surface area contributed by atoms with Gasteiger partial charge in [-0.3, -0.25) is 0 Å². The molecule has 8 N–H and O–H groups in total. The van der Waals surface area contributed by atoms with Crippen molar-refractivity contribution in [1.29, 1.82) is 0 Å². The highest BCUT2D eigenvalue weighted by atomic mass is 19.3. The van der Waals surface area contributed by atoms with Crippen LogP contribution in [0.15, 0.2) is 0 Å². The van der Waals surface area contributed by atoms with E-state index in [9.17, 15) is 39.4 Å². The topological polar surface area (TPSA) is 180 Å². The summed E-state index contributed by atoms with van der Waals surface area (Å²) in [5, 5.41) is 76.3. The van der Waals surface area contributed by atoms with Crippen LogP contribution in [0.1, 0.15) is 0 Å².